The minimum Gasteiger partial charge on any atom is -0.378 e. The van der Waals surface area contributed by atoms with Gasteiger partial charge in [0.05, 0.1) is 18.9 Å². The lowest BCUT2D eigenvalue weighted by molar-refractivity contribution is -0.107. The first-order chi connectivity index (χ1) is 13.8. The smallest absolute Gasteiger partial charge is 0.131 e. The second-order valence-corrected chi connectivity index (χ2v) is 6.86. The van der Waals surface area contributed by atoms with E-state index in [1.54, 1.807) is 12.4 Å². The summed E-state index contributed by atoms with van der Waals surface area (Å²) in [7, 11) is 2.05. The molecule has 8 heteroatoms. The Balaban J connectivity index is 1.83. The van der Waals surface area contributed by atoms with Crippen LogP contribution in [0.3, 0.4) is 0 Å². The van der Waals surface area contributed by atoms with Gasteiger partial charge in [-0.25, -0.2) is 4.98 Å². The van der Waals surface area contributed by atoms with Gasteiger partial charge in [0.15, 0.2) is 0 Å². The van der Waals surface area contributed by atoms with Crippen LogP contribution in [0.25, 0.3) is 22.3 Å². The summed E-state index contributed by atoms with van der Waals surface area (Å²) in [6.07, 6.45) is 5.86. The number of hydrogen-bond acceptors (Lipinski definition) is 7. The fourth-order valence-corrected chi connectivity index (χ4v) is 3.51. The predicted molar refractivity (Wildman–Crippen MR) is 109 cm³/mol. The maximum Gasteiger partial charge on any atom is 0.131 e. The van der Waals surface area contributed by atoms with Gasteiger partial charge in [0.1, 0.15) is 23.3 Å². The average Bonchev–Trinajstić information content (AvgIpc) is 3.28. The molecule has 4 heterocycles. The second kappa shape index (κ2) is 8.35. The highest BCUT2D eigenvalue weighted by Crippen LogP contribution is 2.34. The minimum absolute atomic E-state index is 0.560. The number of hydrogen-bond donors (Lipinski definition) is 1. The predicted octanol–water partition coefficient (Wildman–Crippen LogP) is 2.27. The molecule has 4 rings (SSSR count). The van der Waals surface area contributed by atoms with E-state index >= 15 is 0 Å². The Kier molecular flexibility index (Phi) is 5.48. The maximum atomic E-state index is 10.7. The van der Waals surface area contributed by atoms with Crippen LogP contribution in [0.4, 0.5) is 11.5 Å². The third-order valence-electron chi connectivity index (χ3n) is 5.01. The van der Waals surface area contributed by atoms with Crippen molar-refractivity contribution in [3.05, 3.63) is 30.6 Å². The molecule has 1 saturated heterocycles. The van der Waals surface area contributed by atoms with Gasteiger partial charge in [-0.15, -0.1) is 0 Å². The van der Waals surface area contributed by atoms with Crippen LogP contribution < -0.4 is 9.80 Å². The molecule has 3 aromatic rings. The third kappa shape index (κ3) is 3.68. The number of ether oxygens (including phenoxy) is 1. The van der Waals surface area contributed by atoms with E-state index in [-0.39, 0.29) is 0 Å². The maximum absolute atomic E-state index is 10.7. The summed E-state index contributed by atoms with van der Waals surface area (Å²) in [5, 5.41) is 8.09. The Hall–Kier alpha value is -3.00. The van der Waals surface area contributed by atoms with Gasteiger partial charge in [0.25, 0.3) is 0 Å². The van der Waals surface area contributed by atoms with Crippen molar-refractivity contribution in [1.82, 2.24) is 20.2 Å². The minimum atomic E-state index is 0.560. The second-order valence-electron chi connectivity index (χ2n) is 6.86. The van der Waals surface area contributed by atoms with Crippen molar-refractivity contribution >= 4 is 28.7 Å². The number of nitrogens with zero attached hydrogens (tertiary/aromatic N) is 5. The Morgan fingerprint density at radius 3 is 2.89 bits per heavy atom. The molecule has 0 aliphatic carbocycles. The molecular formula is C20H24N6O2. The topological polar surface area (TPSA) is 87.2 Å². The summed E-state index contributed by atoms with van der Waals surface area (Å²) < 4.78 is 5.50. The average molecular weight is 380 g/mol. The van der Waals surface area contributed by atoms with Crippen molar-refractivity contribution in [2.24, 2.45) is 0 Å². The van der Waals surface area contributed by atoms with Crippen LogP contribution >= 0.6 is 0 Å². The largest absolute Gasteiger partial charge is 0.378 e. The van der Waals surface area contributed by atoms with E-state index in [1.165, 1.54) is 0 Å². The van der Waals surface area contributed by atoms with E-state index in [4.69, 9.17) is 9.72 Å². The Labute approximate surface area is 163 Å². The lowest BCUT2D eigenvalue weighted by atomic mass is 10.1. The fraction of sp³-hybridized carbons (Fsp3) is 0.400. The van der Waals surface area contributed by atoms with Crippen molar-refractivity contribution in [3.63, 3.8) is 0 Å². The standard InChI is InChI=1S/C20H24N6O2/c1-25(8-2-3-11-27)17-14-18(26-9-12-28-13-10-26)23-19-15(17)4-6-21-20(19)16-5-7-22-24-16/h4-7,11,14H,2-3,8-10,12-13H2,1H3,(H,22,24). The number of aldehydes is 1. The normalized spacial score (nSPS) is 14.4. The fourth-order valence-electron chi connectivity index (χ4n) is 3.51. The van der Waals surface area contributed by atoms with Crippen molar-refractivity contribution in [2.75, 3.05) is 49.7 Å². The van der Waals surface area contributed by atoms with Crippen LogP contribution in [0.2, 0.25) is 0 Å². The molecule has 1 fully saturated rings. The first kappa shape index (κ1) is 18.4. The van der Waals surface area contributed by atoms with Gasteiger partial charge < -0.3 is 19.3 Å². The SMILES string of the molecule is CN(CCCC=O)c1cc(N2CCOCC2)nc2c(-c3ccn[nH]3)nccc12. The number of unbranched alkanes of at least 4 members (excludes halogenated alkanes) is 1. The number of anilines is 2. The monoisotopic (exact) mass is 380 g/mol. The zero-order valence-corrected chi connectivity index (χ0v) is 16.0. The molecule has 1 N–H and O–H groups in total. The number of rotatable bonds is 7. The molecule has 0 bridgehead atoms. The number of morpholine rings is 1. The van der Waals surface area contributed by atoms with E-state index in [2.05, 4.69) is 38.1 Å². The summed E-state index contributed by atoms with van der Waals surface area (Å²) in [4.78, 5) is 24.7. The number of carbonyl (C=O) groups excluding carboxylic acids is 1. The summed E-state index contributed by atoms with van der Waals surface area (Å²) in [5.74, 6) is 0.918. The van der Waals surface area contributed by atoms with Crippen LogP contribution in [-0.4, -0.2) is 66.3 Å². The summed E-state index contributed by atoms with van der Waals surface area (Å²) in [6.45, 7) is 3.82. The van der Waals surface area contributed by atoms with Crippen LogP contribution in [0.1, 0.15) is 12.8 Å². The number of H-pyrrole nitrogens is 1. The molecule has 0 atom stereocenters. The molecular weight excluding hydrogens is 356 g/mol. The highest BCUT2D eigenvalue weighted by atomic mass is 16.5. The number of nitrogens with one attached hydrogen (secondary N) is 1. The lowest BCUT2D eigenvalue weighted by Crippen LogP contribution is -2.37. The number of carbonyl (C=O) groups is 1. The van der Waals surface area contributed by atoms with E-state index in [0.29, 0.717) is 19.6 Å². The van der Waals surface area contributed by atoms with E-state index in [1.807, 2.05) is 12.1 Å². The molecule has 0 radical (unpaired) electrons. The number of aromatic amines is 1. The van der Waals surface area contributed by atoms with Crippen LogP contribution in [0.15, 0.2) is 30.6 Å². The van der Waals surface area contributed by atoms with Crippen LogP contribution in [0.5, 0.6) is 0 Å². The van der Waals surface area contributed by atoms with E-state index < -0.39 is 0 Å². The Bertz CT molecular complexity index is 937. The third-order valence-corrected chi connectivity index (χ3v) is 5.01. The van der Waals surface area contributed by atoms with Gasteiger partial charge in [-0.3, -0.25) is 10.1 Å². The van der Waals surface area contributed by atoms with Gasteiger partial charge in [-0.1, -0.05) is 0 Å². The lowest BCUT2D eigenvalue weighted by Gasteiger charge is -2.30. The molecule has 0 spiro atoms. The molecule has 28 heavy (non-hydrogen) atoms. The molecule has 3 aromatic heterocycles. The van der Waals surface area contributed by atoms with E-state index in [0.717, 1.165) is 66.1 Å². The first-order valence-electron chi connectivity index (χ1n) is 9.55. The molecule has 0 unspecified atom stereocenters. The first-order valence-corrected chi connectivity index (χ1v) is 9.55. The molecule has 0 aromatic carbocycles. The summed E-state index contributed by atoms with van der Waals surface area (Å²) in [6, 6.07) is 6.03. The zero-order valence-electron chi connectivity index (χ0n) is 16.0. The van der Waals surface area contributed by atoms with Crippen molar-refractivity contribution in [1.29, 1.82) is 0 Å². The zero-order chi connectivity index (χ0) is 19.3. The Morgan fingerprint density at radius 2 is 2.14 bits per heavy atom. The highest BCUT2D eigenvalue weighted by molar-refractivity contribution is 5.99. The number of pyridine rings is 2. The number of aromatic nitrogens is 4. The summed E-state index contributed by atoms with van der Waals surface area (Å²) in [5.41, 5.74) is 3.55. The van der Waals surface area contributed by atoms with Crippen molar-refractivity contribution < 1.29 is 9.53 Å². The summed E-state index contributed by atoms with van der Waals surface area (Å²) >= 11 is 0. The van der Waals surface area contributed by atoms with E-state index in [9.17, 15) is 4.79 Å². The highest BCUT2D eigenvalue weighted by Gasteiger charge is 2.19. The Morgan fingerprint density at radius 1 is 1.29 bits per heavy atom. The molecule has 1 aliphatic rings. The molecule has 146 valence electrons. The number of fused-ring (bicyclic) bond motifs is 1. The molecule has 0 saturated carbocycles. The molecule has 8 nitrogen and oxygen atoms in total. The van der Waals surface area contributed by atoms with Crippen LogP contribution in [-0.2, 0) is 9.53 Å². The van der Waals surface area contributed by atoms with Gasteiger partial charge in [0, 0.05) is 62.6 Å². The van der Waals surface area contributed by atoms with Gasteiger partial charge in [-0.2, -0.15) is 5.10 Å². The van der Waals surface area contributed by atoms with Crippen LogP contribution in [0, 0.1) is 0 Å². The van der Waals surface area contributed by atoms with Gasteiger partial charge in [0.2, 0.25) is 0 Å². The van der Waals surface area contributed by atoms with Crippen molar-refractivity contribution in [3.8, 4) is 11.4 Å². The van der Waals surface area contributed by atoms with Gasteiger partial charge >= 0.3 is 0 Å². The molecule has 1 aliphatic heterocycles. The van der Waals surface area contributed by atoms with Gasteiger partial charge in [-0.05, 0) is 18.6 Å². The van der Waals surface area contributed by atoms with Crippen molar-refractivity contribution in [2.45, 2.75) is 12.8 Å². The molecule has 0 amide bonds. The quantitative estimate of drug-likeness (QED) is 0.497.